The number of hydrogen-bond donors (Lipinski definition) is 1. The lowest BCUT2D eigenvalue weighted by Gasteiger charge is -2.08. The number of aliphatic carboxylic acids is 1. The first kappa shape index (κ1) is 20.2. The fraction of sp³-hybridized carbons (Fsp3) is 0.238. The van der Waals surface area contributed by atoms with Crippen molar-refractivity contribution in [2.24, 2.45) is 0 Å². The number of carbonyl (C=O) groups excluding carboxylic acids is 1. The number of carboxylic acids is 1. The second-order valence-electron chi connectivity index (χ2n) is 5.33. The average molecular weight is 340 g/mol. The van der Waals surface area contributed by atoms with Gasteiger partial charge < -0.3 is 9.84 Å². The Morgan fingerprint density at radius 3 is 2.08 bits per heavy atom. The molecule has 0 radical (unpaired) electrons. The summed E-state index contributed by atoms with van der Waals surface area (Å²) < 4.78 is 4.74. The van der Waals surface area contributed by atoms with E-state index in [0.29, 0.717) is 13.0 Å². The maximum absolute atomic E-state index is 10.7. The van der Waals surface area contributed by atoms with E-state index in [0.717, 1.165) is 11.1 Å². The zero-order valence-electron chi connectivity index (χ0n) is 14.6. The van der Waals surface area contributed by atoms with Gasteiger partial charge in [0.1, 0.15) is 6.61 Å². The number of carbonyl (C=O) groups is 2. The molecule has 0 amide bonds. The molecule has 0 fully saturated rings. The average Bonchev–Trinajstić information content (AvgIpc) is 2.61. The molecule has 2 aromatic carbocycles. The van der Waals surface area contributed by atoms with Crippen molar-refractivity contribution in [1.82, 2.24) is 0 Å². The Morgan fingerprint density at radius 1 is 1.04 bits per heavy atom. The molecule has 1 unspecified atom stereocenters. The van der Waals surface area contributed by atoms with E-state index in [1.807, 2.05) is 79.7 Å². The van der Waals surface area contributed by atoms with E-state index in [1.165, 1.54) is 6.92 Å². The van der Waals surface area contributed by atoms with Crippen molar-refractivity contribution in [2.75, 3.05) is 6.61 Å². The smallest absolute Gasteiger partial charge is 0.310 e. The molecular weight excluding hydrogens is 316 g/mol. The molecule has 132 valence electrons. The summed E-state index contributed by atoms with van der Waals surface area (Å²) in [5.74, 6) is -1.35. The Hall–Kier alpha value is -2.88. The van der Waals surface area contributed by atoms with Crippen LogP contribution in [0, 0.1) is 0 Å². The van der Waals surface area contributed by atoms with Gasteiger partial charge in [-0.25, -0.2) is 0 Å². The van der Waals surface area contributed by atoms with Gasteiger partial charge in [0.2, 0.25) is 0 Å². The largest absolute Gasteiger partial charge is 0.481 e. The lowest BCUT2D eigenvalue weighted by Crippen LogP contribution is -2.09. The van der Waals surface area contributed by atoms with Gasteiger partial charge in [-0.15, -0.1) is 0 Å². The van der Waals surface area contributed by atoms with Crippen LogP contribution in [0.25, 0.3) is 6.08 Å². The van der Waals surface area contributed by atoms with E-state index in [1.54, 1.807) is 0 Å². The lowest BCUT2D eigenvalue weighted by atomic mass is 9.97. The highest BCUT2D eigenvalue weighted by atomic mass is 16.5. The van der Waals surface area contributed by atoms with Gasteiger partial charge in [-0.05, 0) is 23.6 Å². The normalized spacial score (nSPS) is 11.3. The van der Waals surface area contributed by atoms with Crippen LogP contribution in [0.1, 0.15) is 37.3 Å². The predicted molar refractivity (Wildman–Crippen MR) is 99.2 cm³/mol. The molecule has 0 aliphatic heterocycles. The lowest BCUT2D eigenvalue weighted by molar-refractivity contribution is -0.140. The molecule has 0 aromatic heterocycles. The third-order valence-electron chi connectivity index (χ3n) is 3.40. The fourth-order valence-corrected chi connectivity index (χ4v) is 2.15. The van der Waals surface area contributed by atoms with Crippen LogP contribution < -0.4 is 0 Å². The molecule has 0 saturated heterocycles. The Kier molecular flexibility index (Phi) is 9.38. The summed E-state index contributed by atoms with van der Waals surface area (Å²) in [7, 11) is 0. The van der Waals surface area contributed by atoms with Gasteiger partial charge in [0.05, 0.1) is 5.92 Å². The van der Waals surface area contributed by atoms with Crippen LogP contribution in [-0.2, 0) is 14.3 Å². The first-order valence-corrected chi connectivity index (χ1v) is 8.17. The topological polar surface area (TPSA) is 63.6 Å². The molecule has 2 rings (SSSR count). The molecule has 1 atom stereocenters. The van der Waals surface area contributed by atoms with Crippen molar-refractivity contribution < 1.29 is 19.4 Å². The van der Waals surface area contributed by atoms with Crippen LogP contribution in [-0.4, -0.2) is 23.7 Å². The Bertz CT molecular complexity index is 663. The fourth-order valence-electron chi connectivity index (χ4n) is 2.15. The number of benzene rings is 2. The van der Waals surface area contributed by atoms with Crippen LogP contribution in [0.2, 0.25) is 0 Å². The number of ether oxygens (including phenoxy) is 1. The van der Waals surface area contributed by atoms with Crippen molar-refractivity contribution >= 4 is 18.0 Å². The summed E-state index contributed by atoms with van der Waals surface area (Å²) in [5, 5.41) is 8.83. The Labute approximate surface area is 148 Å². The first-order chi connectivity index (χ1) is 12.0. The van der Waals surface area contributed by atoms with Crippen molar-refractivity contribution in [3.63, 3.8) is 0 Å². The molecule has 0 saturated carbocycles. The third kappa shape index (κ3) is 8.51. The molecule has 0 aliphatic carbocycles. The molecule has 4 heteroatoms. The van der Waals surface area contributed by atoms with Crippen LogP contribution >= 0.6 is 0 Å². The van der Waals surface area contributed by atoms with Crippen molar-refractivity contribution in [3.05, 3.63) is 77.9 Å². The zero-order chi connectivity index (χ0) is 18.5. The van der Waals surface area contributed by atoms with E-state index in [9.17, 15) is 9.59 Å². The minimum Gasteiger partial charge on any atom is -0.481 e. The van der Waals surface area contributed by atoms with Crippen LogP contribution in [0.3, 0.4) is 0 Å². The van der Waals surface area contributed by atoms with E-state index in [2.05, 4.69) is 0 Å². The summed E-state index contributed by atoms with van der Waals surface area (Å²) >= 11 is 0. The molecule has 0 heterocycles. The molecular formula is C21H24O4. The Morgan fingerprint density at radius 2 is 1.60 bits per heavy atom. The highest BCUT2D eigenvalue weighted by molar-refractivity contribution is 5.75. The monoisotopic (exact) mass is 340 g/mol. The second-order valence-corrected chi connectivity index (χ2v) is 5.33. The van der Waals surface area contributed by atoms with Gasteiger partial charge in [-0.2, -0.15) is 0 Å². The first-order valence-electron chi connectivity index (χ1n) is 8.17. The van der Waals surface area contributed by atoms with Crippen molar-refractivity contribution in [2.45, 2.75) is 26.2 Å². The molecule has 4 nitrogen and oxygen atoms in total. The molecule has 0 bridgehead atoms. The molecule has 0 spiro atoms. The summed E-state index contributed by atoms with van der Waals surface area (Å²) in [6.45, 7) is 3.62. The number of rotatable bonds is 6. The second kappa shape index (κ2) is 11.6. The van der Waals surface area contributed by atoms with Crippen LogP contribution in [0.15, 0.2) is 66.7 Å². The summed E-state index contributed by atoms with van der Waals surface area (Å²) in [6.07, 6.45) is 4.37. The summed E-state index contributed by atoms with van der Waals surface area (Å²) in [5.41, 5.74) is 1.99. The van der Waals surface area contributed by atoms with Gasteiger partial charge >= 0.3 is 11.9 Å². The summed E-state index contributed by atoms with van der Waals surface area (Å²) in [4.78, 5) is 21.1. The molecule has 0 aliphatic rings. The van der Waals surface area contributed by atoms with Crippen LogP contribution in [0.4, 0.5) is 0 Å². The minimum absolute atomic E-state index is 0.252. The highest BCUT2D eigenvalue weighted by Crippen LogP contribution is 2.18. The SMILES string of the molecule is CC(=O)OC/C=C/c1ccccc1.CCC(C(=O)O)c1ccccc1. The van der Waals surface area contributed by atoms with Gasteiger partial charge in [0, 0.05) is 6.92 Å². The quantitative estimate of drug-likeness (QED) is 0.785. The van der Waals surface area contributed by atoms with E-state index >= 15 is 0 Å². The van der Waals surface area contributed by atoms with Crippen molar-refractivity contribution in [1.29, 1.82) is 0 Å². The standard InChI is InChI=1S/C11H12O2.C10H12O2/c1-10(12)13-9-5-8-11-6-3-2-4-7-11;1-2-9(10(11)12)8-6-4-3-5-7-8/h2-8H,9H2,1H3;3-7,9H,2H2,1H3,(H,11,12)/b8-5+;. The van der Waals surface area contributed by atoms with Crippen LogP contribution in [0.5, 0.6) is 0 Å². The van der Waals surface area contributed by atoms with E-state index in [-0.39, 0.29) is 11.9 Å². The van der Waals surface area contributed by atoms with Crippen molar-refractivity contribution in [3.8, 4) is 0 Å². The predicted octanol–water partition coefficient (Wildman–Crippen LogP) is 4.53. The third-order valence-corrected chi connectivity index (χ3v) is 3.40. The Balaban J connectivity index is 0.000000251. The minimum atomic E-state index is -0.747. The number of esters is 1. The number of carboxylic acid groups (broad SMARTS) is 1. The van der Waals surface area contributed by atoms with Gasteiger partial charge in [-0.1, -0.05) is 73.7 Å². The summed E-state index contributed by atoms with van der Waals surface area (Å²) in [6, 6.07) is 19.2. The van der Waals surface area contributed by atoms with Gasteiger partial charge in [0.15, 0.2) is 0 Å². The maximum atomic E-state index is 10.7. The molecule has 1 N–H and O–H groups in total. The zero-order valence-corrected chi connectivity index (χ0v) is 14.6. The van der Waals surface area contributed by atoms with Gasteiger partial charge in [-0.3, -0.25) is 9.59 Å². The van der Waals surface area contributed by atoms with Gasteiger partial charge in [0.25, 0.3) is 0 Å². The highest BCUT2D eigenvalue weighted by Gasteiger charge is 2.16. The maximum Gasteiger partial charge on any atom is 0.310 e. The molecule has 25 heavy (non-hydrogen) atoms. The van der Waals surface area contributed by atoms with E-state index < -0.39 is 5.97 Å². The number of hydrogen-bond acceptors (Lipinski definition) is 3. The van der Waals surface area contributed by atoms with E-state index in [4.69, 9.17) is 9.84 Å². The molecule has 2 aromatic rings.